The Morgan fingerprint density at radius 2 is 2.12 bits per heavy atom. The third-order valence-corrected chi connectivity index (χ3v) is 4.60. The highest BCUT2D eigenvalue weighted by Crippen LogP contribution is 2.32. The van der Waals surface area contributed by atoms with Crippen LogP contribution in [-0.2, 0) is 0 Å². The number of aliphatic hydroxyl groups excluding tert-OH is 1. The van der Waals surface area contributed by atoms with Gasteiger partial charge in [0.25, 0.3) is 0 Å². The zero-order valence-corrected chi connectivity index (χ0v) is 14.6. The van der Waals surface area contributed by atoms with Gasteiger partial charge in [0.1, 0.15) is 11.8 Å². The number of anilines is 1. The van der Waals surface area contributed by atoms with E-state index in [9.17, 15) is 10.4 Å². The van der Waals surface area contributed by atoms with Crippen LogP contribution in [-0.4, -0.2) is 35.4 Å². The van der Waals surface area contributed by atoms with E-state index in [0.29, 0.717) is 25.1 Å². The van der Waals surface area contributed by atoms with Crippen molar-refractivity contribution in [1.82, 2.24) is 4.98 Å². The topological polar surface area (TPSA) is 69.4 Å². The quantitative estimate of drug-likeness (QED) is 0.926. The lowest BCUT2D eigenvalue weighted by Crippen LogP contribution is -2.43. The van der Waals surface area contributed by atoms with Crippen molar-refractivity contribution in [2.24, 2.45) is 0 Å². The van der Waals surface area contributed by atoms with Crippen molar-refractivity contribution < 1.29 is 9.84 Å². The summed E-state index contributed by atoms with van der Waals surface area (Å²) in [6.07, 6.45) is 1.16. The van der Waals surface area contributed by atoms with Gasteiger partial charge in [-0.05, 0) is 51.0 Å². The first-order valence-corrected chi connectivity index (χ1v) is 8.72. The van der Waals surface area contributed by atoms with Crippen LogP contribution in [0.5, 0.6) is 5.75 Å². The fraction of sp³-hybridized carbons (Fsp3) is 0.400. The minimum atomic E-state index is -0.262. The molecule has 2 aromatic rings. The number of para-hydroxylation sites is 1. The zero-order valence-electron chi connectivity index (χ0n) is 14.6. The SMILES string of the molecule is CCOc1ccccc1-c1ccc(N2CC[C@@H](O)C[C@H]2C)c(C#N)n1. The van der Waals surface area contributed by atoms with Crippen LogP contribution >= 0.6 is 0 Å². The van der Waals surface area contributed by atoms with Gasteiger partial charge in [0.2, 0.25) is 0 Å². The molecular weight excluding hydrogens is 314 g/mol. The van der Waals surface area contributed by atoms with Crippen molar-refractivity contribution in [2.75, 3.05) is 18.1 Å². The first kappa shape index (κ1) is 17.2. The maximum atomic E-state index is 9.82. The Morgan fingerprint density at radius 3 is 2.84 bits per heavy atom. The molecule has 1 N–H and O–H groups in total. The molecule has 0 bridgehead atoms. The normalized spacial score (nSPS) is 20.2. The second-order valence-electron chi connectivity index (χ2n) is 6.33. The molecule has 0 unspecified atom stereocenters. The van der Waals surface area contributed by atoms with Crippen LogP contribution in [0.3, 0.4) is 0 Å². The summed E-state index contributed by atoms with van der Waals surface area (Å²) in [6, 6.07) is 14.0. The molecule has 1 saturated heterocycles. The second-order valence-corrected chi connectivity index (χ2v) is 6.33. The molecule has 3 rings (SSSR count). The van der Waals surface area contributed by atoms with Gasteiger partial charge in [0, 0.05) is 18.2 Å². The summed E-state index contributed by atoms with van der Waals surface area (Å²) >= 11 is 0. The number of nitriles is 1. The summed E-state index contributed by atoms with van der Waals surface area (Å²) < 4.78 is 5.68. The van der Waals surface area contributed by atoms with Crippen LogP contribution in [0.2, 0.25) is 0 Å². The van der Waals surface area contributed by atoms with Gasteiger partial charge in [0.05, 0.1) is 24.1 Å². The average Bonchev–Trinajstić information content (AvgIpc) is 2.62. The van der Waals surface area contributed by atoms with Gasteiger partial charge in [-0.15, -0.1) is 0 Å². The molecule has 0 spiro atoms. The van der Waals surface area contributed by atoms with E-state index in [0.717, 1.165) is 29.2 Å². The standard InChI is InChI=1S/C20H23N3O2/c1-3-25-20-7-5-4-6-16(20)17-8-9-19(18(13-21)22-17)23-11-10-15(24)12-14(23)2/h4-9,14-15,24H,3,10-12H2,1-2H3/t14-,15-/m1/s1. The van der Waals surface area contributed by atoms with E-state index in [2.05, 4.69) is 22.9 Å². The number of nitrogens with zero attached hydrogens (tertiary/aromatic N) is 3. The fourth-order valence-corrected chi connectivity index (χ4v) is 3.38. The van der Waals surface area contributed by atoms with E-state index in [1.165, 1.54) is 0 Å². The molecule has 2 heterocycles. The van der Waals surface area contributed by atoms with Crippen molar-refractivity contribution >= 4 is 5.69 Å². The number of benzene rings is 1. The molecule has 1 aromatic heterocycles. The van der Waals surface area contributed by atoms with Crippen LogP contribution < -0.4 is 9.64 Å². The first-order valence-electron chi connectivity index (χ1n) is 8.72. The van der Waals surface area contributed by atoms with Crippen LogP contribution in [0.25, 0.3) is 11.3 Å². The number of hydrogen-bond donors (Lipinski definition) is 1. The third kappa shape index (κ3) is 3.59. The highest BCUT2D eigenvalue weighted by atomic mass is 16.5. The Bertz CT molecular complexity index is 785. The Hall–Kier alpha value is -2.58. The highest BCUT2D eigenvalue weighted by Gasteiger charge is 2.26. The lowest BCUT2D eigenvalue weighted by atomic mass is 9.99. The van der Waals surface area contributed by atoms with Crippen LogP contribution in [0, 0.1) is 11.3 Å². The Labute approximate surface area is 148 Å². The van der Waals surface area contributed by atoms with E-state index in [-0.39, 0.29) is 12.1 Å². The number of rotatable bonds is 4. The maximum absolute atomic E-state index is 9.82. The van der Waals surface area contributed by atoms with Gasteiger partial charge >= 0.3 is 0 Å². The van der Waals surface area contributed by atoms with Crippen LogP contribution in [0.4, 0.5) is 5.69 Å². The number of aromatic nitrogens is 1. The Kier molecular flexibility index (Phi) is 5.20. The molecule has 0 saturated carbocycles. The molecule has 1 aliphatic heterocycles. The molecule has 2 atom stereocenters. The summed E-state index contributed by atoms with van der Waals surface area (Å²) in [6.45, 7) is 5.32. The average molecular weight is 337 g/mol. The van der Waals surface area contributed by atoms with Crippen LogP contribution in [0.1, 0.15) is 32.4 Å². The number of hydrogen-bond acceptors (Lipinski definition) is 5. The van der Waals surface area contributed by atoms with E-state index in [1.54, 1.807) is 0 Å². The molecule has 5 heteroatoms. The molecule has 1 fully saturated rings. The molecule has 0 amide bonds. The summed E-state index contributed by atoms with van der Waals surface area (Å²) in [5.74, 6) is 0.767. The van der Waals surface area contributed by atoms with Crippen molar-refractivity contribution in [2.45, 2.75) is 38.8 Å². The summed E-state index contributed by atoms with van der Waals surface area (Å²) in [5, 5.41) is 19.4. The van der Waals surface area contributed by atoms with Gasteiger partial charge in [-0.1, -0.05) is 12.1 Å². The first-order chi connectivity index (χ1) is 12.1. The third-order valence-electron chi connectivity index (χ3n) is 4.60. The van der Waals surface area contributed by atoms with Crippen molar-refractivity contribution in [3.05, 3.63) is 42.1 Å². The smallest absolute Gasteiger partial charge is 0.164 e. The molecule has 5 nitrogen and oxygen atoms in total. The molecular formula is C20H23N3O2. The predicted molar refractivity (Wildman–Crippen MR) is 97.6 cm³/mol. The van der Waals surface area contributed by atoms with E-state index < -0.39 is 0 Å². The summed E-state index contributed by atoms with van der Waals surface area (Å²) in [7, 11) is 0. The predicted octanol–water partition coefficient (Wildman–Crippen LogP) is 3.37. The van der Waals surface area contributed by atoms with E-state index in [4.69, 9.17) is 4.74 Å². The van der Waals surface area contributed by atoms with Gasteiger partial charge < -0.3 is 14.7 Å². The molecule has 1 aromatic carbocycles. The Balaban J connectivity index is 1.97. The van der Waals surface area contributed by atoms with E-state index in [1.807, 2.05) is 43.3 Å². The molecule has 0 radical (unpaired) electrons. The number of aliphatic hydroxyl groups is 1. The highest BCUT2D eigenvalue weighted by molar-refractivity contribution is 5.70. The molecule has 25 heavy (non-hydrogen) atoms. The minimum Gasteiger partial charge on any atom is -0.493 e. The number of ether oxygens (including phenoxy) is 1. The van der Waals surface area contributed by atoms with E-state index >= 15 is 0 Å². The fourth-order valence-electron chi connectivity index (χ4n) is 3.38. The Morgan fingerprint density at radius 1 is 1.32 bits per heavy atom. The minimum absolute atomic E-state index is 0.180. The molecule has 130 valence electrons. The molecule has 1 aliphatic rings. The number of piperidine rings is 1. The largest absolute Gasteiger partial charge is 0.493 e. The van der Waals surface area contributed by atoms with Gasteiger partial charge in [-0.2, -0.15) is 5.26 Å². The number of pyridine rings is 1. The van der Waals surface area contributed by atoms with Gasteiger partial charge in [-0.25, -0.2) is 4.98 Å². The van der Waals surface area contributed by atoms with Crippen molar-refractivity contribution in [3.8, 4) is 23.1 Å². The lowest BCUT2D eigenvalue weighted by Gasteiger charge is -2.37. The van der Waals surface area contributed by atoms with Gasteiger partial charge in [-0.3, -0.25) is 0 Å². The summed E-state index contributed by atoms with van der Waals surface area (Å²) in [5.41, 5.74) is 2.86. The van der Waals surface area contributed by atoms with Gasteiger partial charge in [0.15, 0.2) is 5.69 Å². The monoisotopic (exact) mass is 337 g/mol. The summed E-state index contributed by atoms with van der Waals surface area (Å²) in [4.78, 5) is 6.75. The van der Waals surface area contributed by atoms with Crippen molar-refractivity contribution in [3.63, 3.8) is 0 Å². The maximum Gasteiger partial charge on any atom is 0.164 e. The van der Waals surface area contributed by atoms with Crippen molar-refractivity contribution in [1.29, 1.82) is 5.26 Å². The molecule has 0 aliphatic carbocycles. The lowest BCUT2D eigenvalue weighted by molar-refractivity contribution is 0.131. The zero-order chi connectivity index (χ0) is 17.8. The second kappa shape index (κ2) is 7.54. The van der Waals surface area contributed by atoms with Crippen LogP contribution in [0.15, 0.2) is 36.4 Å².